The van der Waals surface area contributed by atoms with Crippen LogP contribution in [0.25, 0.3) is 0 Å². The topological polar surface area (TPSA) is 26.0 Å². The Morgan fingerprint density at radius 2 is 2.23 bits per heavy atom. The lowest BCUT2D eigenvalue weighted by Crippen LogP contribution is -2.12. The van der Waals surface area contributed by atoms with Gasteiger partial charge in [-0.05, 0) is 35.9 Å². The van der Waals surface area contributed by atoms with Crippen LogP contribution >= 0.6 is 11.6 Å². The predicted molar refractivity (Wildman–Crippen MR) is 56.0 cm³/mol. The van der Waals surface area contributed by atoms with Gasteiger partial charge in [-0.2, -0.15) is 0 Å². The smallest absolute Gasteiger partial charge is 0.0443 e. The monoisotopic (exact) mass is 195 g/mol. The molecular weight excluding hydrogens is 182 g/mol. The van der Waals surface area contributed by atoms with E-state index in [2.05, 4.69) is 13.0 Å². The Balaban J connectivity index is 2.32. The summed E-state index contributed by atoms with van der Waals surface area (Å²) < 4.78 is 0. The van der Waals surface area contributed by atoms with Crippen LogP contribution in [0.15, 0.2) is 24.3 Å². The molecule has 70 valence electrons. The first kappa shape index (κ1) is 9.04. The molecule has 2 N–H and O–H groups in total. The number of benzene rings is 1. The van der Waals surface area contributed by atoms with E-state index in [4.69, 9.17) is 17.3 Å². The van der Waals surface area contributed by atoms with Crippen molar-refractivity contribution in [1.82, 2.24) is 0 Å². The van der Waals surface area contributed by atoms with Crippen LogP contribution in [0.5, 0.6) is 0 Å². The van der Waals surface area contributed by atoms with Gasteiger partial charge in [0, 0.05) is 5.02 Å². The van der Waals surface area contributed by atoms with Gasteiger partial charge in [0.25, 0.3) is 0 Å². The van der Waals surface area contributed by atoms with Crippen LogP contribution in [0.2, 0.25) is 5.02 Å². The highest BCUT2D eigenvalue weighted by Crippen LogP contribution is 2.54. The standard InChI is InChI=1S/C11H14ClN/c1-11(6-8(11)7-13)9-4-2-3-5-10(9)12/h2-5,8H,6-7,13H2,1H3/t8-,11?/m0/s1. The third-order valence-electron chi connectivity index (χ3n) is 3.19. The molecular formula is C11H14ClN. The molecule has 1 aromatic rings. The van der Waals surface area contributed by atoms with Crippen LogP contribution in [0.3, 0.4) is 0 Å². The molecule has 13 heavy (non-hydrogen) atoms. The largest absolute Gasteiger partial charge is 0.330 e. The van der Waals surface area contributed by atoms with Crippen molar-refractivity contribution in [3.8, 4) is 0 Å². The molecule has 1 saturated carbocycles. The SMILES string of the molecule is CC1(c2ccccc2Cl)C[C@H]1CN. The van der Waals surface area contributed by atoms with E-state index < -0.39 is 0 Å². The average molecular weight is 196 g/mol. The third kappa shape index (κ3) is 1.36. The second kappa shape index (κ2) is 3.00. The zero-order valence-electron chi connectivity index (χ0n) is 7.76. The van der Waals surface area contributed by atoms with Crippen LogP contribution in [0.1, 0.15) is 18.9 Å². The number of nitrogens with two attached hydrogens (primary N) is 1. The molecule has 1 fully saturated rings. The highest BCUT2D eigenvalue weighted by molar-refractivity contribution is 6.31. The number of rotatable bonds is 2. The fourth-order valence-electron chi connectivity index (χ4n) is 2.05. The van der Waals surface area contributed by atoms with Gasteiger partial charge in [0.2, 0.25) is 0 Å². The molecule has 1 unspecified atom stereocenters. The minimum atomic E-state index is 0.243. The summed E-state index contributed by atoms with van der Waals surface area (Å²) in [6, 6.07) is 8.07. The molecule has 1 aliphatic rings. The van der Waals surface area contributed by atoms with E-state index in [9.17, 15) is 0 Å². The number of hydrogen-bond donors (Lipinski definition) is 1. The van der Waals surface area contributed by atoms with E-state index in [1.165, 1.54) is 12.0 Å². The molecule has 0 heterocycles. The molecule has 2 rings (SSSR count). The lowest BCUT2D eigenvalue weighted by molar-refractivity contribution is 0.666. The molecule has 0 radical (unpaired) electrons. The van der Waals surface area contributed by atoms with Gasteiger partial charge in [-0.1, -0.05) is 36.7 Å². The Kier molecular flexibility index (Phi) is 2.09. The molecule has 1 aromatic carbocycles. The first-order chi connectivity index (χ1) is 6.18. The maximum absolute atomic E-state index is 6.13. The van der Waals surface area contributed by atoms with E-state index in [1.54, 1.807) is 0 Å². The summed E-state index contributed by atoms with van der Waals surface area (Å²) in [5.41, 5.74) is 7.15. The van der Waals surface area contributed by atoms with Gasteiger partial charge in [0.15, 0.2) is 0 Å². The molecule has 0 saturated heterocycles. The zero-order valence-corrected chi connectivity index (χ0v) is 8.51. The lowest BCUT2D eigenvalue weighted by Gasteiger charge is -2.12. The van der Waals surface area contributed by atoms with E-state index in [0.717, 1.165) is 11.6 Å². The van der Waals surface area contributed by atoms with Gasteiger partial charge in [-0.3, -0.25) is 0 Å². The summed E-state index contributed by atoms with van der Waals surface area (Å²) in [6.07, 6.45) is 1.17. The van der Waals surface area contributed by atoms with Crippen LogP contribution in [-0.2, 0) is 5.41 Å². The Morgan fingerprint density at radius 1 is 1.54 bits per heavy atom. The summed E-state index contributed by atoms with van der Waals surface area (Å²) in [4.78, 5) is 0. The lowest BCUT2D eigenvalue weighted by atomic mass is 9.95. The highest BCUT2D eigenvalue weighted by atomic mass is 35.5. The second-order valence-electron chi connectivity index (χ2n) is 4.03. The molecule has 0 bridgehead atoms. The fourth-order valence-corrected chi connectivity index (χ4v) is 2.40. The molecule has 2 heteroatoms. The fraction of sp³-hybridized carbons (Fsp3) is 0.455. The summed E-state index contributed by atoms with van der Waals surface area (Å²) in [6.45, 7) is 3.01. The quantitative estimate of drug-likeness (QED) is 0.772. The van der Waals surface area contributed by atoms with Crippen molar-refractivity contribution >= 4 is 11.6 Å². The van der Waals surface area contributed by atoms with E-state index >= 15 is 0 Å². The highest BCUT2D eigenvalue weighted by Gasteiger charge is 2.50. The van der Waals surface area contributed by atoms with Gasteiger partial charge >= 0.3 is 0 Å². The maximum atomic E-state index is 6.13. The van der Waals surface area contributed by atoms with Crippen molar-refractivity contribution < 1.29 is 0 Å². The summed E-state index contributed by atoms with van der Waals surface area (Å²) >= 11 is 6.13. The van der Waals surface area contributed by atoms with E-state index in [0.29, 0.717) is 5.92 Å². The molecule has 0 aromatic heterocycles. The minimum absolute atomic E-state index is 0.243. The van der Waals surface area contributed by atoms with Crippen LogP contribution in [0.4, 0.5) is 0 Å². The van der Waals surface area contributed by atoms with Crippen molar-refractivity contribution in [2.24, 2.45) is 11.7 Å². The van der Waals surface area contributed by atoms with Gasteiger partial charge in [0.1, 0.15) is 0 Å². The maximum Gasteiger partial charge on any atom is 0.0443 e. The van der Waals surface area contributed by atoms with Gasteiger partial charge < -0.3 is 5.73 Å². The Labute approximate surface area is 83.9 Å². The van der Waals surface area contributed by atoms with E-state index in [1.807, 2.05) is 18.2 Å². The number of hydrogen-bond acceptors (Lipinski definition) is 1. The van der Waals surface area contributed by atoms with Gasteiger partial charge in [-0.15, -0.1) is 0 Å². The van der Waals surface area contributed by atoms with E-state index in [-0.39, 0.29) is 5.41 Å². The molecule has 1 nitrogen and oxygen atoms in total. The van der Waals surface area contributed by atoms with Crippen LogP contribution in [-0.4, -0.2) is 6.54 Å². The Bertz CT molecular complexity index is 324. The Morgan fingerprint density at radius 3 is 2.77 bits per heavy atom. The van der Waals surface area contributed by atoms with Crippen molar-refractivity contribution in [2.75, 3.05) is 6.54 Å². The first-order valence-corrected chi connectivity index (χ1v) is 5.01. The summed E-state index contributed by atoms with van der Waals surface area (Å²) in [5.74, 6) is 0.618. The molecule has 1 aliphatic carbocycles. The molecule has 0 aliphatic heterocycles. The van der Waals surface area contributed by atoms with Crippen molar-refractivity contribution in [3.05, 3.63) is 34.9 Å². The van der Waals surface area contributed by atoms with Crippen LogP contribution < -0.4 is 5.73 Å². The Hall–Kier alpha value is -0.530. The number of halogens is 1. The predicted octanol–water partition coefficient (Wildman–Crippen LogP) is 2.58. The second-order valence-corrected chi connectivity index (χ2v) is 4.44. The summed E-state index contributed by atoms with van der Waals surface area (Å²) in [7, 11) is 0. The third-order valence-corrected chi connectivity index (χ3v) is 3.51. The molecule has 0 amide bonds. The normalized spacial score (nSPS) is 31.8. The zero-order chi connectivity index (χ0) is 9.47. The van der Waals surface area contributed by atoms with Gasteiger partial charge in [0.05, 0.1) is 0 Å². The first-order valence-electron chi connectivity index (χ1n) is 4.63. The average Bonchev–Trinajstić information content (AvgIpc) is 2.79. The molecule has 0 spiro atoms. The minimum Gasteiger partial charge on any atom is -0.330 e. The van der Waals surface area contributed by atoms with Gasteiger partial charge in [-0.25, -0.2) is 0 Å². The summed E-state index contributed by atoms with van der Waals surface area (Å²) in [5, 5.41) is 0.876. The van der Waals surface area contributed by atoms with Crippen molar-refractivity contribution in [1.29, 1.82) is 0 Å². The molecule has 2 atom stereocenters. The van der Waals surface area contributed by atoms with Crippen LogP contribution in [0, 0.1) is 5.92 Å². The van der Waals surface area contributed by atoms with Crippen molar-refractivity contribution in [2.45, 2.75) is 18.8 Å². The van der Waals surface area contributed by atoms with Crippen molar-refractivity contribution in [3.63, 3.8) is 0 Å².